The van der Waals surface area contributed by atoms with Crippen molar-refractivity contribution in [2.45, 2.75) is 0 Å². The molecule has 0 aromatic carbocycles. The van der Waals surface area contributed by atoms with Gasteiger partial charge >= 0.3 is 11.8 Å². The average molecular weight is 194 g/mol. The van der Waals surface area contributed by atoms with Gasteiger partial charge in [0.05, 0.1) is 5.75 Å². The number of hydrogen-bond donors (Lipinski definition) is 2. The average Bonchev–Trinajstić information content (AvgIpc) is 1.84. The number of nitrogens with two attached hydrogens (primary N) is 1. The van der Waals surface area contributed by atoms with E-state index >= 15 is 0 Å². The molecule has 3 N–H and O–H groups in total. The van der Waals surface area contributed by atoms with E-state index in [1.165, 1.54) is 0 Å². The lowest BCUT2D eigenvalue weighted by Crippen LogP contribution is -2.38. The molecule has 0 rings (SSSR count). The molecule has 0 radical (unpaired) electrons. The number of rotatable bonds is 3. The Morgan fingerprint density at radius 2 is 1.92 bits per heavy atom. The van der Waals surface area contributed by atoms with Crippen molar-refractivity contribution in [1.82, 2.24) is 5.32 Å². The molecule has 0 aromatic rings. The van der Waals surface area contributed by atoms with Gasteiger partial charge in [-0.1, -0.05) is 0 Å². The van der Waals surface area contributed by atoms with Crippen LogP contribution in [0, 0.1) is 0 Å². The Balaban J connectivity index is 3.73. The predicted molar refractivity (Wildman–Crippen MR) is 41.9 cm³/mol. The Labute approximate surface area is 70.0 Å². The standard InChI is InChI=1S/C5H10N2O4S/c1-12(10,11)3-2-7-5(9)4(6)8/h2-3H2,1H3,(H2,6,8)(H,7,9). The van der Waals surface area contributed by atoms with Gasteiger partial charge in [-0.25, -0.2) is 8.42 Å². The van der Waals surface area contributed by atoms with Gasteiger partial charge in [-0.3, -0.25) is 9.59 Å². The fourth-order valence-corrected chi connectivity index (χ4v) is 0.910. The van der Waals surface area contributed by atoms with Crippen LogP contribution in [0.4, 0.5) is 0 Å². The number of hydrogen-bond acceptors (Lipinski definition) is 4. The zero-order valence-electron chi connectivity index (χ0n) is 6.53. The van der Waals surface area contributed by atoms with Crippen molar-refractivity contribution in [3.63, 3.8) is 0 Å². The van der Waals surface area contributed by atoms with E-state index in [-0.39, 0.29) is 12.3 Å². The van der Waals surface area contributed by atoms with Crippen molar-refractivity contribution in [1.29, 1.82) is 0 Å². The molecule has 7 heteroatoms. The summed E-state index contributed by atoms with van der Waals surface area (Å²) in [6.45, 7) is -0.0966. The minimum atomic E-state index is -3.11. The van der Waals surface area contributed by atoms with Gasteiger partial charge in [0, 0.05) is 12.8 Å². The van der Waals surface area contributed by atoms with E-state index in [4.69, 9.17) is 0 Å². The number of amides is 2. The minimum Gasteiger partial charge on any atom is -0.361 e. The number of carbonyl (C=O) groups is 2. The molecule has 0 aromatic heterocycles. The van der Waals surface area contributed by atoms with Crippen LogP contribution in [-0.2, 0) is 19.4 Å². The lowest BCUT2D eigenvalue weighted by atomic mass is 10.5. The van der Waals surface area contributed by atoms with Gasteiger partial charge in [-0.2, -0.15) is 0 Å². The molecular formula is C5H10N2O4S. The summed E-state index contributed by atoms with van der Waals surface area (Å²) in [6.07, 6.45) is 1.03. The van der Waals surface area contributed by atoms with Crippen molar-refractivity contribution in [2.75, 3.05) is 18.6 Å². The third-order valence-electron chi connectivity index (χ3n) is 0.982. The normalized spacial score (nSPS) is 10.8. The Kier molecular flexibility index (Phi) is 3.68. The van der Waals surface area contributed by atoms with Crippen LogP contribution in [0.5, 0.6) is 0 Å². The highest BCUT2D eigenvalue weighted by molar-refractivity contribution is 7.90. The van der Waals surface area contributed by atoms with E-state index in [0.717, 1.165) is 6.26 Å². The van der Waals surface area contributed by atoms with Gasteiger partial charge in [0.1, 0.15) is 9.84 Å². The molecule has 0 bridgehead atoms. The van der Waals surface area contributed by atoms with Crippen molar-refractivity contribution >= 4 is 21.7 Å². The number of carbonyl (C=O) groups excluding carboxylic acids is 2. The van der Waals surface area contributed by atoms with Gasteiger partial charge in [-0.05, 0) is 0 Å². The van der Waals surface area contributed by atoms with Crippen LogP contribution in [0.25, 0.3) is 0 Å². The van der Waals surface area contributed by atoms with Crippen LogP contribution < -0.4 is 11.1 Å². The van der Waals surface area contributed by atoms with Gasteiger partial charge < -0.3 is 11.1 Å². The predicted octanol–water partition coefficient (Wildman–Crippen LogP) is -2.37. The summed E-state index contributed by atoms with van der Waals surface area (Å²) >= 11 is 0. The highest BCUT2D eigenvalue weighted by atomic mass is 32.2. The zero-order valence-corrected chi connectivity index (χ0v) is 7.35. The van der Waals surface area contributed by atoms with Crippen molar-refractivity contribution < 1.29 is 18.0 Å². The third-order valence-corrected chi connectivity index (χ3v) is 1.93. The fourth-order valence-electron chi connectivity index (χ4n) is 0.437. The summed E-state index contributed by atoms with van der Waals surface area (Å²) in [5.74, 6) is -2.30. The van der Waals surface area contributed by atoms with E-state index in [1.807, 2.05) is 5.32 Å². The highest BCUT2D eigenvalue weighted by Gasteiger charge is 2.08. The lowest BCUT2D eigenvalue weighted by molar-refractivity contribution is -0.137. The topological polar surface area (TPSA) is 106 Å². The maximum atomic E-state index is 10.5. The first-order valence-electron chi connectivity index (χ1n) is 3.08. The molecule has 0 unspecified atom stereocenters. The van der Waals surface area contributed by atoms with Gasteiger partial charge in [0.25, 0.3) is 0 Å². The first-order chi connectivity index (χ1) is 5.33. The summed E-state index contributed by atoms with van der Waals surface area (Å²) in [7, 11) is -3.11. The minimum absolute atomic E-state index is 0.0966. The smallest absolute Gasteiger partial charge is 0.309 e. The Bertz CT molecular complexity index is 282. The van der Waals surface area contributed by atoms with Crippen LogP contribution >= 0.6 is 0 Å². The monoisotopic (exact) mass is 194 g/mol. The molecule has 0 saturated carbocycles. The summed E-state index contributed by atoms with van der Waals surface area (Å²) < 4.78 is 21.0. The van der Waals surface area contributed by atoms with Crippen LogP contribution in [0.15, 0.2) is 0 Å². The first-order valence-corrected chi connectivity index (χ1v) is 5.14. The summed E-state index contributed by atoms with van der Waals surface area (Å²) in [5, 5.41) is 2.05. The quantitative estimate of drug-likeness (QED) is 0.490. The maximum Gasteiger partial charge on any atom is 0.309 e. The molecular weight excluding hydrogens is 184 g/mol. The van der Waals surface area contributed by atoms with E-state index in [1.54, 1.807) is 0 Å². The summed E-state index contributed by atoms with van der Waals surface area (Å²) in [6, 6.07) is 0. The number of sulfone groups is 1. The van der Waals surface area contributed by atoms with Crippen molar-refractivity contribution in [2.24, 2.45) is 5.73 Å². The second-order valence-electron chi connectivity index (χ2n) is 2.25. The van der Waals surface area contributed by atoms with E-state index < -0.39 is 21.7 Å². The third kappa shape index (κ3) is 5.66. The Hall–Kier alpha value is -1.11. The van der Waals surface area contributed by atoms with Crippen LogP contribution in [0.3, 0.4) is 0 Å². The highest BCUT2D eigenvalue weighted by Crippen LogP contribution is 1.78. The zero-order chi connectivity index (χ0) is 9.78. The molecule has 12 heavy (non-hydrogen) atoms. The molecule has 2 amide bonds. The van der Waals surface area contributed by atoms with E-state index in [2.05, 4.69) is 5.73 Å². The van der Waals surface area contributed by atoms with E-state index in [0.29, 0.717) is 0 Å². The van der Waals surface area contributed by atoms with Gasteiger partial charge in [0.2, 0.25) is 0 Å². The molecule has 0 saturated heterocycles. The molecule has 0 aliphatic rings. The molecule has 0 spiro atoms. The van der Waals surface area contributed by atoms with E-state index in [9.17, 15) is 18.0 Å². The largest absolute Gasteiger partial charge is 0.361 e. The number of nitrogens with one attached hydrogen (secondary N) is 1. The first kappa shape index (κ1) is 10.9. The lowest BCUT2D eigenvalue weighted by Gasteiger charge is -1.99. The molecule has 70 valence electrons. The number of primary amides is 1. The Morgan fingerprint density at radius 1 is 1.42 bits per heavy atom. The second-order valence-corrected chi connectivity index (χ2v) is 4.51. The molecule has 0 aliphatic heterocycles. The van der Waals surface area contributed by atoms with Crippen LogP contribution in [0.2, 0.25) is 0 Å². The second kappa shape index (κ2) is 4.05. The maximum absolute atomic E-state index is 10.5. The van der Waals surface area contributed by atoms with Crippen LogP contribution in [-0.4, -0.2) is 38.8 Å². The molecule has 0 aliphatic carbocycles. The molecule has 0 atom stereocenters. The van der Waals surface area contributed by atoms with Gasteiger partial charge in [-0.15, -0.1) is 0 Å². The SMILES string of the molecule is CS(=O)(=O)CCNC(=O)C(N)=O. The van der Waals surface area contributed by atoms with Gasteiger partial charge in [0.15, 0.2) is 0 Å². The molecule has 0 fully saturated rings. The van der Waals surface area contributed by atoms with Crippen molar-refractivity contribution in [3.05, 3.63) is 0 Å². The van der Waals surface area contributed by atoms with Crippen molar-refractivity contribution in [3.8, 4) is 0 Å². The fraction of sp³-hybridized carbons (Fsp3) is 0.600. The summed E-state index contributed by atoms with van der Waals surface area (Å²) in [4.78, 5) is 20.6. The molecule has 0 heterocycles. The summed E-state index contributed by atoms with van der Waals surface area (Å²) in [5.41, 5.74) is 4.59. The van der Waals surface area contributed by atoms with Crippen LogP contribution in [0.1, 0.15) is 0 Å². The Morgan fingerprint density at radius 3 is 2.25 bits per heavy atom. The molecule has 6 nitrogen and oxygen atoms in total.